The fourth-order valence-electron chi connectivity index (χ4n) is 7.85. The summed E-state index contributed by atoms with van der Waals surface area (Å²) in [6, 6.07) is 16.8. The van der Waals surface area contributed by atoms with Crippen LogP contribution in [0.5, 0.6) is 5.75 Å². The van der Waals surface area contributed by atoms with E-state index in [9.17, 15) is 42.7 Å². The van der Waals surface area contributed by atoms with Gasteiger partial charge in [0.2, 0.25) is 17.7 Å². The monoisotopic (exact) mass is 960 g/mol. The van der Waals surface area contributed by atoms with Crippen LogP contribution in [0, 0.1) is 29.1 Å². The molecule has 3 N–H and O–H groups in total. The number of aliphatic hydroxyl groups excluding tert-OH is 1. The molecule has 0 bridgehead atoms. The number of β-amino-alcohol motifs (C(OH)–C–C–N with tert-alkyl or cyclic N) is 1. The number of nitrogens with one attached hydrogen (secondary N) is 2. The van der Waals surface area contributed by atoms with Crippen molar-refractivity contribution in [2.75, 3.05) is 49.4 Å². The summed E-state index contributed by atoms with van der Waals surface area (Å²) >= 11 is 5.62. The summed E-state index contributed by atoms with van der Waals surface area (Å²) in [6.45, 7) is 10.5. The summed E-state index contributed by atoms with van der Waals surface area (Å²) in [4.78, 5) is 57.5. The van der Waals surface area contributed by atoms with Crippen LogP contribution in [-0.2, 0) is 41.4 Å². The Morgan fingerprint density at radius 1 is 0.926 bits per heavy atom. The van der Waals surface area contributed by atoms with Gasteiger partial charge in [-0.1, -0.05) is 38.8 Å². The van der Waals surface area contributed by atoms with E-state index in [1.807, 2.05) is 32.9 Å². The topological polar surface area (TPSA) is 174 Å². The number of terminal acetylenes is 1. The lowest BCUT2D eigenvalue weighted by atomic mass is 9.85. The van der Waals surface area contributed by atoms with Gasteiger partial charge in [0.25, 0.3) is 5.91 Å². The maximum atomic E-state index is 13.8. The Morgan fingerprint density at radius 2 is 1.54 bits per heavy atom. The number of anilines is 2. The van der Waals surface area contributed by atoms with E-state index in [1.54, 1.807) is 61.2 Å². The Balaban J connectivity index is 0.946. The zero-order valence-corrected chi connectivity index (χ0v) is 39.8. The van der Waals surface area contributed by atoms with Gasteiger partial charge in [-0.2, -0.15) is 18.4 Å². The Labute approximate surface area is 401 Å². The molecular formula is C50H59F3N6O8S. The van der Waals surface area contributed by atoms with Crippen molar-refractivity contribution < 1.29 is 51.7 Å². The number of carbonyl (C=O) groups excluding carboxylic acids is 4. The number of rotatable bonds is 21. The fourth-order valence-corrected chi connectivity index (χ4v) is 8.37. The molecule has 0 aromatic heterocycles. The standard InChI is InChI=1S/C50H59F3N6O8S/c1-7-33-13-15-34(16-14-33)30-55-44(62)41-28-38(60)31-57(41)45(63)43(48(2,3)4)56-42(61)32-66-25-12-11-24-65-23-9-8-10-26-67-39-21-19-36(20-22-39)59-47(68)58(46(64)49(59,5)6)37-18-17-35(29-54)40(27-37)50(51,52)53/h1,13-22,27,38,41,43,60H,8-12,23-26,28,30-32H2,2-6H3,(H,55,62)(H,56,61)/t38-,41+,43-/m1/s1. The number of hydrogen-bond acceptors (Lipinski definition) is 10. The maximum Gasteiger partial charge on any atom is 0.417 e. The minimum atomic E-state index is -4.80. The van der Waals surface area contributed by atoms with Gasteiger partial charge < -0.3 is 39.8 Å². The molecular weight excluding hydrogens is 902 g/mol. The SMILES string of the molecule is C#Cc1ccc(CNC(=O)[C@@H]2C[C@@H](O)CN2C(=O)[C@@H](NC(=O)COCCCCOCCCCCOc2ccc(N3C(=S)N(c4ccc(C#N)c(C(F)(F)F)c4)C(=O)C3(C)C)cc2)C(C)(C)C)cc1. The number of thiocarbonyl (C=S) groups is 1. The molecule has 2 fully saturated rings. The molecule has 2 aliphatic heterocycles. The molecule has 3 atom stereocenters. The molecule has 68 heavy (non-hydrogen) atoms. The first-order chi connectivity index (χ1) is 32.2. The van der Waals surface area contributed by atoms with E-state index in [1.165, 1.54) is 11.0 Å². The number of halogens is 3. The first kappa shape index (κ1) is 52.9. The van der Waals surface area contributed by atoms with Crippen LogP contribution in [0.15, 0.2) is 66.7 Å². The van der Waals surface area contributed by atoms with Gasteiger partial charge in [0.15, 0.2) is 5.11 Å². The zero-order chi connectivity index (χ0) is 49.8. The molecule has 2 aliphatic rings. The summed E-state index contributed by atoms with van der Waals surface area (Å²) in [5, 5.41) is 25.3. The quantitative estimate of drug-likeness (QED) is 0.0593. The van der Waals surface area contributed by atoms with Gasteiger partial charge in [-0.25, -0.2) is 0 Å². The number of nitrogens with zero attached hydrogens (tertiary/aromatic N) is 4. The van der Waals surface area contributed by atoms with Crippen molar-refractivity contribution in [3.63, 3.8) is 0 Å². The number of aliphatic hydroxyl groups is 1. The van der Waals surface area contributed by atoms with Gasteiger partial charge in [-0.05, 0) is 124 Å². The van der Waals surface area contributed by atoms with Gasteiger partial charge in [0, 0.05) is 50.6 Å². The second-order valence-corrected chi connectivity index (χ2v) is 18.6. The van der Waals surface area contributed by atoms with Crippen molar-refractivity contribution >= 4 is 52.3 Å². The average molecular weight is 961 g/mol. The van der Waals surface area contributed by atoms with E-state index in [0.717, 1.165) is 48.3 Å². The van der Waals surface area contributed by atoms with Crippen molar-refractivity contribution in [1.82, 2.24) is 15.5 Å². The van der Waals surface area contributed by atoms with Crippen LogP contribution >= 0.6 is 12.2 Å². The van der Waals surface area contributed by atoms with Gasteiger partial charge >= 0.3 is 6.18 Å². The first-order valence-electron chi connectivity index (χ1n) is 22.5. The van der Waals surface area contributed by atoms with Crippen LogP contribution in [0.25, 0.3) is 0 Å². The van der Waals surface area contributed by atoms with E-state index in [4.69, 9.17) is 32.9 Å². The summed E-state index contributed by atoms with van der Waals surface area (Å²) in [5.74, 6) is 1.30. The molecule has 0 saturated carbocycles. The predicted octanol–water partition coefficient (Wildman–Crippen LogP) is 6.65. The summed E-state index contributed by atoms with van der Waals surface area (Å²) in [7, 11) is 0. The Kier molecular flexibility index (Phi) is 18.1. The van der Waals surface area contributed by atoms with Crippen molar-refractivity contribution in [2.24, 2.45) is 5.41 Å². The number of alkyl halides is 3. The van der Waals surface area contributed by atoms with E-state index >= 15 is 0 Å². The normalized spacial score (nSPS) is 17.4. The number of amides is 4. The lowest BCUT2D eigenvalue weighted by Crippen LogP contribution is -2.58. The number of ether oxygens (including phenoxy) is 3. The highest BCUT2D eigenvalue weighted by Crippen LogP contribution is 2.40. The van der Waals surface area contributed by atoms with Crippen LogP contribution in [-0.4, -0.2) is 102 Å². The smallest absolute Gasteiger partial charge is 0.417 e. The summed E-state index contributed by atoms with van der Waals surface area (Å²) in [6.07, 6.45) is 3.67. The van der Waals surface area contributed by atoms with Gasteiger partial charge in [0.05, 0.1) is 35.6 Å². The number of unbranched alkanes of at least 4 members (excludes halogenated alkanes) is 3. The Bertz CT molecular complexity index is 2360. The van der Waals surface area contributed by atoms with Crippen LogP contribution < -0.4 is 25.2 Å². The largest absolute Gasteiger partial charge is 0.494 e. The van der Waals surface area contributed by atoms with Crippen LogP contribution in [0.3, 0.4) is 0 Å². The highest BCUT2D eigenvalue weighted by molar-refractivity contribution is 7.81. The molecule has 0 unspecified atom stereocenters. The van der Waals surface area contributed by atoms with Gasteiger partial charge in [-0.15, -0.1) is 6.42 Å². The molecule has 4 amide bonds. The molecule has 0 spiro atoms. The van der Waals surface area contributed by atoms with Crippen molar-refractivity contribution in [3.05, 3.63) is 89.0 Å². The van der Waals surface area contributed by atoms with E-state index in [2.05, 4.69) is 16.6 Å². The second-order valence-electron chi connectivity index (χ2n) is 18.3. The van der Waals surface area contributed by atoms with Gasteiger partial charge in [-0.3, -0.25) is 24.1 Å². The highest BCUT2D eigenvalue weighted by atomic mass is 32.1. The maximum absolute atomic E-state index is 13.8. The highest BCUT2D eigenvalue weighted by Gasteiger charge is 2.51. The number of carbonyl (C=O) groups is 4. The van der Waals surface area contributed by atoms with Crippen molar-refractivity contribution in [3.8, 4) is 24.2 Å². The molecule has 0 radical (unpaired) electrons. The second kappa shape index (κ2) is 23.3. The zero-order valence-electron chi connectivity index (χ0n) is 39.0. The minimum absolute atomic E-state index is 0.00434. The predicted molar refractivity (Wildman–Crippen MR) is 253 cm³/mol. The average Bonchev–Trinajstić information content (AvgIpc) is 3.77. The first-order valence-corrected chi connectivity index (χ1v) is 22.9. The number of nitriles is 1. The molecule has 18 heteroatoms. The number of benzene rings is 3. The van der Waals surface area contributed by atoms with Crippen LogP contribution in [0.1, 0.15) is 95.4 Å². The minimum Gasteiger partial charge on any atom is -0.494 e. The van der Waals surface area contributed by atoms with Crippen molar-refractivity contribution in [1.29, 1.82) is 5.26 Å². The Hall–Kier alpha value is -6.05. The molecule has 0 aliphatic carbocycles. The van der Waals surface area contributed by atoms with E-state index < -0.39 is 70.1 Å². The number of hydrogen-bond donors (Lipinski definition) is 3. The van der Waals surface area contributed by atoms with E-state index in [0.29, 0.717) is 49.8 Å². The lowest BCUT2D eigenvalue weighted by molar-refractivity contribution is -0.144. The van der Waals surface area contributed by atoms with Gasteiger partial charge in [0.1, 0.15) is 30.0 Å². The molecule has 2 saturated heterocycles. The summed E-state index contributed by atoms with van der Waals surface area (Å²) < 4.78 is 58.3. The molecule has 14 nitrogen and oxygen atoms in total. The Morgan fingerprint density at radius 3 is 2.16 bits per heavy atom. The van der Waals surface area contributed by atoms with E-state index in [-0.39, 0.29) is 36.9 Å². The molecule has 2 heterocycles. The van der Waals surface area contributed by atoms with Crippen molar-refractivity contribution in [2.45, 2.75) is 110 Å². The number of likely N-dealkylation sites (tertiary alicyclic amines) is 1. The summed E-state index contributed by atoms with van der Waals surface area (Å²) in [5.41, 5.74) is -1.59. The molecule has 5 rings (SSSR count). The third-order valence-corrected chi connectivity index (χ3v) is 11.9. The van der Waals surface area contributed by atoms with Crippen LogP contribution in [0.4, 0.5) is 24.5 Å². The van der Waals surface area contributed by atoms with Crippen LogP contribution in [0.2, 0.25) is 0 Å². The molecule has 3 aromatic rings. The molecule has 3 aromatic carbocycles. The molecule has 364 valence electrons. The third kappa shape index (κ3) is 13.6. The fraction of sp³-hybridized carbons (Fsp3) is 0.480. The lowest BCUT2D eigenvalue weighted by Gasteiger charge is -2.35. The third-order valence-electron chi connectivity index (χ3n) is 11.6.